The molecule has 0 spiro atoms. The molecule has 1 saturated carbocycles. The van der Waals surface area contributed by atoms with Crippen LogP contribution in [0.25, 0.3) is 0 Å². The van der Waals surface area contributed by atoms with E-state index in [9.17, 15) is 9.59 Å². The van der Waals surface area contributed by atoms with E-state index in [0.29, 0.717) is 0 Å². The molecule has 5 nitrogen and oxygen atoms in total. The monoisotopic (exact) mass is 296 g/mol. The van der Waals surface area contributed by atoms with Gasteiger partial charge in [-0.1, -0.05) is 6.58 Å². The van der Waals surface area contributed by atoms with Gasteiger partial charge in [0.05, 0.1) is 0 Å². The average Bonchev–Trinajstić information content (AvgIpc) is 2.60. The molecule has 1 fully saturated rings. The minimum absolute atomic E-state index is 0.0430. The Kier molecular flexibility index (Phi) is 6.24. The zero-order chi connectivity index (χ0) is 16.0. The van der Waals surface area contributed by atoms with Crippen LogP contribution in [0.2, 0.25) is 0 Å². The van der Waals surface area contributed by atoms with Crippen LogP contribution in [0.5, 0.6) is 0 Å². The van der Waals surface area contributed by atoms with Gasteiger partial charge in [0.1, 0.15) is 5.60 Å². The SMILES string of the molecule is C=CC(=O)N(C)C1CCCC(NC(=O)OC(C)(C)C)CC1. The lowest BCUT2D eigenvalue weighted by molar-refractivity contribution is -0.127. The maximum absolute atomic E-state index is 11.8. The fraction of sp³-hybridized carbons (Fsp3) is 0.750. The molecule has 0 saturated heterocycles. The van der Waals surface area contributed by atoms with E-state index in [-0.39, 0.29) is 24.1 Å². The first-order valence-corrected chi connectivity index (χ1v) is 7.61. The van der Waals surface area contributed by atoms with Gasteiger partial charge in [0, 0.05) is 19.1 Å². The standard InChI is InChI=1S/C16H28N2O3/c1-6-14(19)18(5)13-9-7-8-12(10-11-13)17-15(20)21-16(2,3)4/h6,12-13H,1,7-11H2,2-5H3,(H,17,20). The first kappa shape index (κ1) is 17.5. The lowest BCUT2D eigenvalue weighted by atomic mass is 10.1. The summed E-state index contributed by atoms with van der Waals surface area (Å²) in [5.74, 6) is -0.0430. The molecular formula is C16H28N2O3. The summed E-state index contributed by atoms with van der Waals surface area (Å²) < 4.78 is 5.28. The highest BCUT2D eigenvalue weighted by Crippen LogP contribution is 2.22. The molecular weight excluding hydrogens is 268 g/mol. The van der Waals surface area contributed by atoms with Gasteiger partial charge in [0.2, 0.25) is 5.91 Å². The van der Waals surface area contributed by atoms with Gasteiger partial charge in [-0.25, -0.2) is 4.79 Å². The van der Waals surface area contributed by atoms with Crippen LogP contribution in [0.1, 0.15) is 52.9 Å². The van der Waals surface area contributed by atoms with Crippen LogP contribution >= 0.6 is 0 Å². The van der Waals surface area contributed by atoms with Gasteiger partial charge in [0.25, 0.3) is 0 Å². The van der Waals surface area contributed by atoms with Crippen molar-refractivity contribution in [2.45, 2.75) is 70.6 Å². The summed E-state index contributed by atoms with van der Waals surface area (Å²) in [5.41, 5.74) is -0.478. The number of alkyl carbamates (subject to hydrolysis) is 1. The quantitative estimate of drug-likeness (QED) is 0.643. The highest BCUT2D eigenvalue weighted by Gasteiger charge is 2.25. The number of amides is 2. The molecule has 5 heteroatoms. The Morgan fingerprint density at radius 3 is 2.48 bits per heavy atom. The van der Waals surface area contributed by atoms with Crippen molar-refractivity contribution in [2.75, 3.05) is 7.05 Å². The van der Waals surface area contributed by atoms with Gasteiger partial charge >= 0.3 is 6.09 Å². The molecule has 0 aliphatic heterocycles. The van der Waals surface area contributed by atoms with Crippen LogP contribution in [0, 0.1) is 0 Å². The summed E-state index contributed by atoms with van der Waals surface area (Å²) in [6.45, 7) is 9.08. The molecule has 1 N–H and O–H groups in total. The van der Waals surface area contributed by atoms with Gasteiger partial charge in [-0.15, -0.1) is 0 Å². The van der Waals surface area contributed by atoms with Crippen molar-refractivity contribution in [3.8, 4) is 0 Å². The van der Waals surface area contributed by atoms with Crippen molar-refractivity contribution in [1.82, 2.24) is 10.2 Å². The fourth-order valence-electron chi connectivity index (χ4n) is 2.61. The Morgan fingerprint density at radius 1 is 1.24 bits per heavy atom. The lowest BCUT2D eigenvalue weighted by Crippen LogP contribution is -2.39. The van der Waals surface area contributed by atoms with Gasteiger partial charge in [-0.05, 0) is 59.0 Å². The van der Waals surface area contributed by atoms with Crippen molar-refractivity contribution < 1.29 is 14.3 Å². The van der Waals surface area contributed by atoms with Crippen molar-refractivity contribution in [1.29, 1.82) is 0 Å². The number of carbonyl (C=O) groups is 2. The topological polar surface area (TPSA) is 58.6 Å². The van der Waals surface area contributed by atoms with Crippen molar-refractivity contribution >= 4 is 12.0 Å². The Bertz CT molecular complexity index is 387. The number of carbonyl (C=O) groups excluding carboxylic acids is 2. The fourth-order valence-corrected chi connectivity index (χ4v) is 2.61. The molecule has 0 heterocycles. The third-order valence-electron chi connectivity index (χ3n) is 3.73. The third-order valence-corrected chi connectivity index (χ3v) is 3.73. The number of nitrogens with one attached hydrogen (secondary N) is 1. The van der Waals surface area contributed by atoms with Crippen LogP contribution in [0.3, 0.4) is 0 Å². The van der Waals surface area contributed by atoms with Gasteiger partial charge in [-0.2, -0.15) is 0 Å². The zero-order valence-electron chi connectivity index (χ0n) is 13.6. The molecule has 0 radical (unpaired) electrons. The number of hydrogen-bond acceptors (Lipinski definition) is 3. The number of hydrogen-bond donors (Lipinski definition) is 1. The summed E-state index contributed by atoms with van der Waals surface area (Å²) in [7, 11) is 1.82. The molecule has 1 aliphatic rings. The van der Waals surface area contributed by atoms with E-state index in [1.807, 2.05) is 27.8 Å². The summed E-state index contributed by atoms with van der Waals surface area (Å²) in [6, 6.07) is 0.345. The predicted octanol–water partition coefficient (Wildman–Crippen LogP) is 2.86. The summed E-state index contributed by atoms with van der Waals surface area (Å²) in [5, 5.41) is 2.93. The molecule has 1 rings (SSSR count). The lowest BCUT2D eigenvalue weighted by Gasteiger charge is -2.26. The molecule has 2 amide bonds. The maximum atomic E-state index is 11.8. The van der Waals surface area contributed by atoms with Crippen LogP contribution in [-0.4, -0.2) is 41.6 Å². The van der Waals surface area contributed by atoms with Gasteiger partial charge < -0.3 is 15.0 Å². The molecule has 1 aliphatic carbocycles. The molecule has 0 aromatic carbocycles. The largest absolute Gasteiger partial charge is 0.444 e. The molecule has 120 valence electrons. The minimum atomic E-state index is -0.478. The Balaban J connectivity index is 2.47. The Labute approximate surface area is 127 Å². The van der Waals surface area contributed by atoms with Crippen molar-refractivity contribution in [2.24, 2.45) is 0 Å². The summed E-state index contributed by atoms with van der Waals surface area (Å²) >= 11 is 0. The average molecular weight is 296 g/mol. The van der Waals surface area contributed by atoms with E-state index in [4.69, 9.17) is 4.74 Å². The number of likely N-dealkylation sites (N-methyl/N-ethyl adjacent to an activating group) is 1. The van der Waals surface area contributed by atoms with Gasteiger partial charge in [-0.3, -0.25) is 4.79 Å². The molecule has 0 aromatic rings. The highest BCUT2D eigenvalue weighted by molar-refractivity contribution is 5.87. The van der Waals surface area contributed by atoms with Crippen LogP contribution in [0.4, 0.5) is 4.79 Å². The molecule has 0 aromatic heterocycles. The van der Waals surface area contributed by atoms with E-state index in [1.54, 1.807) is 4.90 Å². The van der Waals surface area contributed by atoms with E-state index < -0.39 is 5.60 Å². The molecule has 2 atom stereocenters. The maximum Gasteiger partial charge on any atom is 0.407 e. The van der Waals surface area contributed by atoms with E-state index >= 15 is 0 Å². The second-order valence-electron chi connectivity index (χ2n) is 6.66. The van der Waals surface area contributed by atoms with E-state index in [2.05, 4.69) is 11.9 Å². The van der Waals surface area contributed by atoms with Crippen LogP contribution in [-0.2, 0) is 9.53 Å². The normalized spacial score (nSPS) is 22.9. The molecule has 0 bridgehead atoms. The number of rotatable bonds is 3. The first-order valence-electron chi connectivity index (χ1n) is 7.61. The highest BCUT2D eigenvalue weighted by atomic mass is 16.6. The van der Waals surface area contributed by atoms with Crippen LogP contribution < -0.4 is 5.32 Å². The van der Waals surface area contributed by atoms with Gasteiger partial charge in [0.15, 0.2) is 0 Å². The number of ether oxygens (including phenoxy) is 1. The Morgan fingerprint density at radius 2 is 1.90 bits per heavy atom. The van der Waals surface area contributed by atoms with E-state index in [1.165, 1.54) is 6.08 Å². The molecule has 2 unspecified atom stereocenters. The third kappa shape index (κ3) is 6.19. The van der Waals surface area contributed by atoms with Crippen molar-refractivity contribution in [3.63, 3.8) is 0 Å². The van der Waals surface area contributed by atoms with E-state index in [0.717, 1.165) is 32.1 Å². The smallest absolute Gasteiger partial charge is 0.407 e. The summed E-state index contributed by atoms with van der Waals surface area (Å²) in [6.07, 6.45) is 5.60. The first-order chi connectivity index (χ1) is 9.73. The molecule has 21 heavy (non-hydrogen) atoms. The van der Waals surface area contributed by atoms with Crippen LogP contribution in [0.15, 0.2) is 12.7 Å². The minimum Gasteiger partial charge on any atom is -0.444 e. The predicted molar refractivity (Wildman–Crippen MR) is 83.0 cm³/mol. The second-order valence-corrected chi connectivity index (χ2v) is 6.66. The zero-order valence-corrected chi connectivity index (χ0v) is 13.6. The number of nitrogens with zero attached hydrogens (tertiary/aromatic N) is 1. The second kappa shape index (κ2) is 7.48. The Hall–Kier alpha value is -1.52. The summed E-state index contributed by atoms with van der Waals surface area (Å²) in [4.78, 5) is 25.2. The van der Waals surface area contributed by atoms with Crippen molar-refractivity contribution in [3.05, 3.63) is 12.7 Å².